The van der Waals surface area contributed by atoms with Crippen LogP contribution in [0.25, 0.3) is 0 Å². The van der Waals surface area contributed by atoms with E-state index in [0.717, 1.165) is 48.3 Å². The third-order valence-corrected chi connectivity index (χ3v) is 14.6. The van der Waals surface area contributed by atoms with Gasteiger partial charge in [-0.2, -0.15) is 0 Å². The Bertz CT molecular complexity index is 1370. The van der Waals surface area contributed by atoms with Crippen molar-refractivity contribution in [2.24, 2.45) is 16.8 Å². The first-order valence-corrected chi connectivity index (χ1v) is 25.7. The molecular formula is C49H84N4O3S. The van der Waals surface area contributed by atoms with E-state index >= 15 is 0 Å². The van der Waals surface area contributed by atoms with E-state index in [1.807, 2.05) is 43.3 Å². The predicted octanol–water partition coefficient (Wildman–Crippen LogP) is 11.2. The number of nitrogens with zero attached hydrogens (tertiary/aromatic N) is 1. The fraction of sp³-hybridized carbons (Fsp3) is 0.714. The molecule has 1 aromatic carbocycles. The maximum absolute atomic E-state index is 13.8. The molecule has 0 saturated carbocycles. The van der Waals surface area contributed by atoms with Crippen molar-refractivity contribution in [1.82, 2.24) is 16.0 Å². The molecule has 2 amide bonds. The lowest BCUT2D eigenvalue weighted by molar-refractivity contribution is -0.121. The van der Waals surface area contributed by atoms with E-state index in [2.05, 4.69) is 61.1 Å². The Balaban J connectivity index is 1.88. The fourth-order valence-electron chi connectivity index (χ4n) is 7.47. The minimum atomic E-state index is -0.759. The molecule has 3 unspecified atom stereocenters. The number of nitrogens with one attached hydrogen (secondary N) is 3. The zero-order valence-corrected chi connectivity index (χ0v) is 38.3. The second-order valence-electron chi connectivity index (χ2n) is 17.4. The number of ketones is 1. The summed E-state index contributed by atoms with van der Waals surface area (Å²) in [4.78, 5) is 44.0. The van der Waals surface area contributed by atoms with Gasteiger partial charge in [-0.1, -0.05) is 135 Å². The molecule has 0 heterocycles. The van der Waals surface area contributed by atoms with Gasteiger partial charge in [0.25, 0.3) is 5.91 Å². The van der Waals surface area contributed by atoms with Gasteiger partial charge in [-0.05, 0) is 110 Å². The summed E-state index contributed by atoms with van der Waals surface area (Å²) in [6.45, 7) is 13.7. The van der Waals surface area contributed by atoms with Crippen molar-refractivity contribution in [3.8, 4) is 0 Å². The molecule has 7 nitrogen and oxygen atoms in total. The van der Waals surface area contributed by atoms with Gasteiger partial charge >= 0.3 is 0 Å². The molecule has 3 atom stereocenters. The van der Waals surface area contributed by atoms with E-state index in [1.165, 1.54) is 89.2 Å². The smallest absolute Gasteiger partial charge is 0.251 e. The Hall–Kier alpha value is -2.71. The average Bonchev–Trinajstić information content (AvgIpc) is 3.19. The summed E-state index contributed by atoms with van der Waals surface area (Å²) in [6, 6.07) is 7.81. The Labute approximate surface area is 351 Å². The summed E-state index contributed by atoms with van der Waals surface area (Å²) < 4.78 is 0. The molecule has 0 aromatic heterocycles. The Morgan fingerprint density at radius 3 is 1.93 bits per heavy atom. The van der Waals surface area contributed by atoms with Crippen LogP contribution >= 0.6 is 10.0 Å². The van der Waals surface area contributed by atoms with Gasteiger partial charge in [0.2, 0.25) is 5.91 Å². The number of amides is 2. The number of Topliss-reactive ketones (excluding diaryl/α,β-unsaturated/α-hetero) is 1. The summed E-state index contributed by atoms with van der Waals surface area (Å²) in [7, 11) is -0.759. The van der Waals surface area contributed by atoms with Crippen LogP contribution in [0.1, 0.15) is 168 Å². The van der Waals surface area contributed by atoms with Gasteiger partial charge in [-0.25, -0.2) is 10.0 Å². The molecule has 2 rings (SSSR count). The average molecular weight is 809 g/mol. The first kappa shape index (κ1) is 50.4. The number of hydrogen-bond donors (Lipinski definition) is 3. The van der Waals surface area contributed by atoms with Crippen LogP contribution in [-0.2, 0) is 27.5 Å². The van der Waals surface area contributed by atoms with Crippen molar-refractivity contribution >= 4 is 33.8 Å². The molecule has 57 heavy (non-hydrogen) atoms. The highest BCUT2D eigenvalue weighted by molar-refractivity contribution is 8.32. The summed E-state index contributed by atoms with van der Waals surface area (Å²) in [5.41, 5.74) is 3.55. The van der Waals surface area contributed by atoms with Crippen LogP contribution in [0.15, 0.2) is 52.6 Å². The highest BCUT2D eigenvalue weighted by Crippen LogP contribution is 2.41. The number of allylic oxidation sites excluding steroid dienone is 2. The van der Waals surface area contributed by atoms with E-state index in [0.29, 0.717) is 49.9 Å². The van der Waals surface area contributed by atoms with Crippen molar-refractivity contribution in [1.29, 1.82) is 0 Å². The molecule has 0 aliphatic heterocycles. The van der Waals surface area contributed by atoms with Crippen LogP contribution in [-0.4, -0.2) is 67.0 Å². The molecule has 3 N–H and O–H groups in total. The number of hydrogen-bond acceptors (Lipinski definition) is 5. The lowest BCUT2D eigenvalue weighted by Gasteiger charge is -2.31. The highest BCUT2D eigenvalue weighted by Gasteiger charge is 2.24. The molecule has 324 valence electrons. The van der Waals surface area contributed by atoms with Gasteiger partial charge in [0, 0.05) is 31.5 Å². The Morgan fingerprint density at radius 1 is 0.702 bits per heavy atom. The van der Waals surface area contributed by atoms with E-state index in [4.69, 9.17) is 0 Å². The van der Waals surface area contributed by atoms with Crippen LogP contribution in [0.3, 0.4) is 0 Å². The standard InChI is InChI=1S/C49H84N4O3S/c1-8-11-13-15-17-19-23-40(4)41(5)24-21-33-51-46(25-22-34-52-48(55)32-36-57(6,7)35-20-18-16-14-12-9-2)47(54)37-44-30-31-45(44)49(56)53-39-43-28-26-42(27-29-43)38-50-10-3/h10,26-31,40-41,46,51H,8-9,11-25,32-39H2,1-7H3,(H,52,55)(H,53,56). The SMILES string of the molecule is CC=NCc1ccc(CNC(=O)C2=C(CC(=O)C(CCCNC(=O)CCS(C)(C)CCCCCCCC)NCCCC(C)C(C)CCCCCCCC)C=C2)cc1. The van der Waals surface area contributed by atoms with Crippen molar-refractivity contribution in [2.45, 2.75) is 176 Å². The Morgan fingerprint density at radius 2 is 1.30 bits per heavy atom. The molecule has 1 aliphatic rings. The molecule has 8 heteroatoms. The maximum atomic E-state index is 13.8. The second kappa shape index (κ2) is 30.3. The van der Waals surface area contributed by atoms with E-state index in [1.54, 1.807) is 6.21 Å². The number of aliphatic imine (C=N–C) groups is 1. The second-order valence-corrected chi connectivity index (χ2v) is 21.7. The molecule has 1 aromatic rings. The van der Waals surface area contributed by atoms with Crippen molar-refractivity contribution in [2.75, 3.05) is 37.1 Å². The van der Waals surface area contributed by atoms with Crippen molar-refractivity contribution in [3.63, 3.8) is 0 Å². The maximum Gasteiger partial charge on any atom is 0.251 e. The van der Waals surface area contributed by atoms with Crippen LogP contribution in [0.5, 0.6) is 0 Å². The first-order valence-electron chi connectivity index (χ1n) is 22.9. The summed E-state index contributed by atoms with van der Waals surface area (Å²) >= 11 is 0. The summed E-state index contributed by atoms with van der Waals surface area (Å²) in [5.74, 6) is 3.68. The van der Waals surface area contributed by atoms with Gasteiger partial charge in [0.05, 0.1) is 12.6 Å². The fourth-order valence-corrected chi connectivity index (χ4v) is 9.40. The van der Waals surface area contributed by atoms with E-state index in [-0.39, 0.29) is 30.1 Å². The number of benzene rings is 1. The van der Waals surface area contributed by atoms with Crippen LogP contribution in [0.4, 0.5) is 0 Å². The molecule has 1 aliphatic carbocycles. The lowest BCUT2D eigenvalue weighted by Crippen LogP contribution is -2.39. The zero-order chi connectivity index (χ0) is 41.7. The third kappa shape index (κ3) is 22.9. The normalized spacial score (nSPS) is 14.7. The Kier molecular flexibility index (Phi) is 26.9. The zero-order valence-electron chi connectivity index (χ0n) is 37.5. The topological polar surface area (TPSA) is 99.7 Å². The largest absolute Gasteiger partial charge is 0.356 e. The van der Waals surface area contributed by atoms with Crippen LogP contribution in [0.2, 0.25) is 0 Å². The van der Waals surface area contributed by atoms with E-state index in [9.17, 15) is 14.4 Å². The third-order valence-electron chi connectivity index (χ3n) is 11.9. The molecule has 0 fully saturated rings. The number of unbranched alkanes of at least 4 members (excludes halogenated alkanes) is 10. The quantitative estimate of drug-likeness (QED) is 0.0470. The highest BCUT2D eigenvalue weighted by atomic mass is 32.3. The molecule has 0 saturated heterocycles. The van der Waals surface area contributed by atoms with Crippen molar-refractivity contribution in [3.05, 3.63) is 58.7 Å². The number of carbonyl (C=O) groups excluding carboxylic acids is 3. The van der Waals surface area contributed by atoms with Gasteiger partial charge in [0.15, 0.2) is 5.78 Å². The molecule has 0 bridgehead atoms. The molecule has 0 radical (unpaired) electrons. The number of rotatable bonds is 35. The van der Waals surface area contributed by atoms with Crippen LogP contribution in [0, 0.1) is 11.8 Å². The van der Waals surface area contributed by atoms with E-state index < -0.39 is 10.0 Å². The van der Waals surface area contributed by atoms with Gasteiger partial charge < -0.3 is 16.0 Å². The summed E-state index contributed by atoms with van der Waals surface area (Å²) in [6.07, 6.45) is 31.9. The van der Waals surface area contributed by atoms with Gasteiger partial charge in [0.1, 0.15) is 0 Å². The van der Waals surface area contributed by atoms with Crippen LogP contribution < -0.4 is 16.0 Å². The minimum absolute atomic E-state index is 0.112. The summed E-state index contributed by atoms with van der Waals surface area (Å²) in [5, 5.41) is 9.78. The lowest BCUT2D eigenvalue weighted by atomic mass is 9.87. The van der Waals surface area contributed by atoms with Gasteiger partial charge in [-0.3, -0.25) is 19.4 Å². The monoisotopic (exact) mass is 809 g/mol. The van der Waals surface area contributed by atoms with Crippen molar-refractivity contribution < 1.29 is 14.4 Å². The minimum Gasteiger partial charge on any atom is -0.356 e. The molecule has 0 spiro atoms. The first-order chi connectivity index (χ1) is 27.5. The van der Waals surface area contributed by atoms with Gasteiger partial charge in [-0.15, -0.1) is 0 Å². The molecular weight excluding hydrogens is 725 g/mol. The number of carbonyl (C=O) groups is 3. The predicted molar refractivity (Wildman–Crippen MR) is 249 cm³/mol.